The van der Waals surface area contributed by atoms with Crippen LogP contribution in [0.15, 0.2) is 36.4 Å². The van der Waals surface area contributed by atoms with Gasteiger partial charge in [0.15, 0.2) is 0 Å². The Hall–Kier alpha value is -1.50. The summed E-state index contributed by atoms with van der Waals surface area (Å²) in [4.78, 5) is 0. The maximum atomic E-state index is 9.50. The van der Waals surface area contributed by atoms with Crippen molar-refractivity contribution in [2.45, 2.75) is 51.9 Å². The van der Waals surface area contributed by atoms with E-state index in [1.54, 1.807) is 6.07 Å². The average molecular weight is 256 g/mol. The number of phenolic OH excluding ortho intramolecular Hbond substituents is 1. The molecule has 0 aliphatic rings. The lowest BCUT2D eigenvalue weighted by atomic mass is 9.79. The maximum Gasteiger partial charge on any atom is 0.116 e. The van der Waals surface area contributed by atoms with E-state index >= 15 is 0 Å². The molecule has 1 N–H and O–H groups in total. The van der Waals surface area contributed by atoms with Gasteiger partial charge >= 0.3 is 0 Å². The molecule has 2 rings (SSSR count). The Bertz CT molecular complexity index is 555. The number of fused-ring (bicyclic) bond motifs is 1. The zero-order valence-corrected chi connectivity index (χ0v) is 12.2. The van der Waals surface area contributed by atoms with Crippen molar-refractivity contribution in [3.63, 3.8) is 0 Å². The molecule has 0 fully saturated rings. The van der Waals surface area contributed by atoms with Gasteiger partial charge in [0, 0.05) is 0 Å². The van der Waals surface area contributed by atoms with Gasteiger partial charge in [-0.2, -0.15) is 0 Å². The lowest BCUT2D eigenvalue weighted by Crippen LogP contribution is -2.16. The first kappa shape index (κ1) is 13.9. The van der Waals surface area contributed by atoms with Crippen molar-refractivity contribution in [1.82, 2.24) is 0 Å². The van der Waals surface area contributed by atoms with E-state index in [9.17, 15) is 5.11 Å². The van der Waals surface area contributed by atoms with Crippen LogP contribution in [0.2, 0.25) is 0 Å². The number of unbranched alkanes of at least 4 members (excludes halogenated alkanes) is 2. The molecule has 0 aliphatic carbocycles. The zero-order valence-electron chi connectivity index (χ0n) is 12.2. The molecule has 0 bridgehead atoms. The summed E-state index contributed by atoms with van der Waals surface area (Å²) in [5.41, 5.74) is 1.61. The predicted octanol–water partition coefficient (Wildman–Crippen LogP) is 5.40. The second kappa shape index (κ2) is 5.64. The molecule has 0 aromatic heterocycles. The monoisotopic (exact) mass is 256 g/mol. The fraction of sp³-hybridized carbons (Fsp3) is 0.444. The Morgan fingerprint density at radius 2 is 1.63 bits per heavy atom. The molecule has 0 atom stereocenters. The number of phenols is 1. The number of rotatable bonds is 5. The van der Waals surface area contributed by atoms with Crippen LogP contribution in [0.5, 0.6) is 5.75 Å². The van der Waals surface area contributed by atoms with E-state index in [0.717, 1.165) is 5.39 Å². The summed E-state index contributed by atoms with van der Waals surface area (Å²) >= 11 is 0. The number of hydrogen-bond acceptors (Lipinski definition) is 1. The van der Waals surface area contributed by atoms with Crippen LogP contribution in [0.1, 0.15) is 52.0 Å². The van der Waals surface area contributed by atoms with Gasteiger partial charge in [-0.15, -0.1) is 0 Å². The Morgan fingerprint density at radius 3 is 2.37 bits per heavy atom. The Labute approximate surface area is 116 Å². The maximum absolute atomic E-state index is 9.50. The molecule has 0 saturated heterocycles. The molecule has 0 saturated carbocycles. The third kappa shape index (κ3) is 3.28. The molecule has 0 aliphatic heterocycles. The minimum atomic E-state index is 0.223. The molecule has 0 unspecified atom stereocenters. The SMILES string of the molecule is CCCCCC(C)(C)c1ccc2cc(O)ccc2c1. The van der Waals surface area contributed by atoms with Crippen LogP contribution in [0.4, 0.5) is 0 Å². The summed E-state index contributed by atoms with van der Waals surface area (Å²) in [6, 6.07) is 12.2. The summed E-state index contributed by atoms with van der Waals surface area (Å²) in [6.45, 7) is 6.89. The van der Waals surface area contributed by atoms with E-state index in [1.807, 2.05) is 12.1 Å². The summed E-state index contributed by atoms with van der Waals surface area (Å²) in [7, 11) is 0. The lowest BCUT2D eigenvalue weighted by molar-refractivity contribution is 0.450. The van der Waals surface area contributed by atoms with Gasteiger partial charge in [0.05, 0.1) is 0 Å². The minimum Gasteiger partial charge on any atom is -0.508 e. The third-order valence-electron chi connectivity index (χ3n) is 4.01. The van der Waals surface area contributed by atoms with Crippen LogP contribution < -0.4 is 0 Å². The quantitative estimate of drug-likeness (QED) is 0.710. The molecule has 2 aromatic carbocycles. The van der Waals surface area contributed by atoms with E-state index < -0.39 is 0 Å². The van der Waals surface area contributed by atoms with E-state index in [0.29, 0.717) is 5.75 Å². The van der Waals surface area contributed by atoms with Crippen LogP contribution in [-0.4, -0.2) is 5.11 Å². The van der Waals surface area contributed by atoms with Crippen molar-refractivity contribution >= 4 is 10.8 Å². The van der Waals surface area contributed by atoms with Crippen LogP contribution in [-0.2, 0) is 5.41 Å². The largest absolute Gasteiger partial charge is 0.508 e. The van der Waals surface area contributed by atoms with Crippen molar-refractivity contribution in [3.05, 3.63) is 42.0 Å². The van der Waals surface area contributed by atoms with Gasteiger partial charge in [-0.3, -0.25) is 0 Å². The van der Waals surface area contributed by atoms with Crippen molar-refractivity contribution in [1.29, 1.82) is 0 Å². The highest BCUT2D eigenvalue weighted by Crippen LogP contribution is 2.32. The highest BCUT2D eigenvalue weighted by atomic mass is 16.3. The highest BCUT2D eigenvalue weighted by molar-refractivity contribution is 5.84. The lowest BCUT2D eigenvalue weighted by Gasteiger charge is -2.25. The Balaban J connectivity index is 2.26. The van der Waals surface area contributed by atoms with Crippen LogP contribution in [0.3, 0.4) is 0 Å². The first-order chi connectivity index (χ1) is 9.03. The first-order valence-corrected chi connectivity index (χ1v) is 7.26. The number of aromatic hydroxyl groups is 1. The molecule has 0 spiro atoms. The summed E-state index contributed by atoms with van der Waals surface area (Å²) in [5.74, 6) is 0.336. The minimum absolute atomic E-state index is 0.223. The van der Waals surface area contributed by atoms with E-state index in [2.05, 4.69) is 39.0 Å². The number of benzene rings is 2. The van der Waals surface area contributed by atoms with Crippen molar-refractivity contribution in [2.24, 2.45) is 0 Å². The molecule has 1 nitrogen and oxygen atoms in total. The van der Waals surface area contributed by atoms with E-state index in [4.69, 9.17) is 0 Å². The van der Waals surface area contributed by atoms with Gasteiger partial charge in [-0.25, -0.2) is 0 Å². The molecule has 102 valence electrons. The third-order valence-corrected chi connectivity index (χ3v) is 4.01. The number of hydrogen-bond donors (Lipinski definition) is 1. The van der Waals surface area contributed by atoms with Gasteiger partial charge in [0.1, 0.15) is 5.75 Å². The molecular formula is C18H24O. The first-order valence-electron chi connectivity index (χ1n) is 7.26. The van der Waals surface area contributed by atoms with Gasteiger partial charge in [0.2, 0.25) is 0 Å². The molecule has 1 heteroatoms. The summed E-state index contributed by atoms with van der Waals surface area (Å²) < 4.78 is 0. The molecule has 0 amide bonds. The molecule has 19 heavy (non-hydrogen) atoms. The van der Waals surface area contributed by atoms with Crippen molar-refractivity contribution < 1.29 is 5.11 Å². The molecule has 0 radical (unpaired) electrons. The van der Waals surface area contributed by atoms with Gasteiger partial charge in [-0.05, 0) is 40.3 Å². The second-order valence-corrected chi connectivity index (χ2v) is 6.09. The normalized spacial score (nSPS) is 11.9. The van der Waals surface area contributed by atoms with Crippen LogP contribution in [0, 0.1) is 0 Å². The Kier molecular flexibility index (Phi) is 4.14. The summed E-state index contributed by atoms with van der Waals surface area (Å²) in [6.07, 6.45) is 5.10. The Morgan fingerprint density at radius 1 is 0.947 bits per heavy atom. The fourth-order valence-electron chi connectivity index (χ4n) is 2.62. The molecule has 0 heterocycles. The van der Waals surface area contributed by atoms with Gasteiger partial charge in [-0.1, -0.05) is 64.3 Å². The van der Waals surface area contributed by atoms with Crippen molar-refractivity contribution in [2.75, 3.05) is 0 Å². The van der Waals surface area contributed by atoms with Gasteiger partial charge < -0.3 is 5.11 Å². The zero-order chi connectivity index (χ0) is 13.9. The standard InChI is InChI=1S/C18H24O/c1-4-5-6-11-18(2,3)16-9-7-15-13-17(19)10-8-14(15)12-16/h7-10,12-13,19H,4-6,11H2,1-3H3. The van der Waals surface area contributed by atoms with E-state index in [-0.39, 0.29) is 5.41 Å². The topological polar surface area (TPSA) is 20.2 Å². The van der Waals surface area contributed by atoms with Crippen LogP contribution in [0.25, 0.3) is 10.8 Å². The van der Waals surface area contributed by atoms with Crippen molar-refractivity contribution in [3.8, 4) is 5.75 Å². The second-order valence-electron chi connectivity index (χ2n) is 6.09. The van der Waals surface area contributed by atoms with Crippen LogP contribution >= 0.6 is 0 Å². The van der Waals surface area contributed by atoms with E-state index in [1.165, 1.54) is 36.6 Å². The summed E-state index contributed by atoms with van der Waals surface area (Å²) in [5, 5.41) is 11.8. The fourth-order valence-corrected chi connectivity index (χ4v) is 2.62. The molecule has 2 aromatic rings. The highest BCUT2D eigenvalue weighted by Gasteiger charge is 2.20. The smallest absolute Gasteiger partial charge is 0.116 e. The van der Waals surface area contributed by atoms with Gasteiger partial charge in [0.25, 0.3) is 0 Å². The average Bonchev–Trinajstić information content (AvgIpc) is 2.38. The molecular weight excluding hydrogens is 232 g/mol. The predicted molar refractivity (Wildman–Crippen MR) is 82.8 cm³/mol.